The van der Waals surface area contributed by atoms with E-state index in [4.69, 9.17) is 4.98 Å². The smallest absolute Gasteiger partial charge is 0.157 e. The third kappa shape index (κ3) is 2.88. The van der Waals surface area contributed by atoms with Crippen LogP contribution in [0.4, 0.5) is 5.82 Å². The van der Waals surface area contributed by atoms with Gasteiger partial charge in [0, 0.05) is 13.7 Å². The number of hydrogen-bond donors (Lipinski definition) is 1. The van der Waals surface area contributed by atoms with Gasteiger partial charge < -0.3 is 10.0 Å². The molecule has 5 nitrogen and oxygen atoms in total. The molecule has 0 saturated heterocycles. The fraction of sp³-hybridized carbons (Fsp3) is 0.217. The van der Waals surface area contributed by atoms with Crippen LogP contribution in [0.2, 0.25) is 0 Å². The molecule has 0 aliphatic heterocycles. The number of aromatic nitrogens is 2. The van der Waals surface area contributed by atoms with Gasteiger partial charge in [-0.2, -0.15) is 5.26 Å². The molecular weight excluding hydrogens is 348 g/mol. The summed E-state index contributed by atoms with van der Waals surface area (Å²) < 4.78 is 2.05. The Balaban J connectivity index is 1.98. The lowest BCUT2D eigenvalue weighted by Gasteiger charge is -2.31. The van der Waals surface area contributed by atoms with Crippen molar-refractivity contribution < 1.29 is 5.11 Å². The number of imidazole rings is 1. The molecule has 0 radical (unpaired) electrons. The molecule has 4 aromatic rings. The Bertz CT molecular complexity index is 1170. The Morgan fingerprint density at radius 1 is 1.14 bits per heavy atom. The molecule has 2 heterocycles. The quantitative estimate of drug-likeness (QED) is 0.571. The third-order valence-corrected chi connectivity index (χ3v) is 5.28. The number of para-hydroxylation sites is 2. The number of benzene rings is 2. The van der Waals surface area contributed by atoms with Crippen LogP contribution in [-0.4, -0.2) is 28.1 Å². The second-order valence-electron chi connectivity index (χ2n) is 6.98. The van der Waals surface area contributed by atoms with Crippen molar-refractivity contribution in [2.45, 2.75) is 19.4 Å². The molecule has 1 atom stereocenters. The van der Waals surface area contributed by atoms with Gasteiger partial charge in [-0.3, -0.25) is 4.40 Å². The Labute approximate surface area is 164 Å². The van der Waals surface area contributed by atoms with E-state index in [1.54, 1.807) is 0 Å². The third-order valence-electron chi connectivity index (χ3n) is 5.28. The van der Waals surface area contributed by atoms with Crippen LogP contribution in [0.25, 0.3) is 16.7 Å². The molecule has 1 N–H and O–H groups in total. The fourth-order valence-electron chi connectivity index (χ4n) is 3.87. The molecule has 140 valence electrons. The summed E-state index contributed by atoms with van der Waals surface area (Å²) in [6.07, 6.45) is 0.605. The summed E-state index contributed by atoms with van der Waals surface area (Å²) in [7, 11) is 2.03. The molecule has 0 aliphatic rings. The van der Waals surface area contributed by atoms with Gasteiger partial charge in [0.2, 0.25) is 0 Å². The van der Waals surface area contributed by atoms with Crippen LogP contribution in [0.3, 0.4) is 0 Å². The standard InChI is InChI=1S/C23H22N4O/c1-16-14-22(26(2)20(12-13-28)17-8-4-3-5-9-17)27-21-11-7-6-10-19(21)25-23(27)18(16)15-24/h3-11,14,20,28H,12-13H2,1-2H3. The van der Waals surface area contributed by atoms with E-state index >= 15 is 0 Å². The maximum absolute atomic E-state index is 9.69. The number of anilines is 1. The first-order valence-electron chi connectivity index (χ1n) is 9.35. The van der Waals surface area contributed by atoms with E-state index in [2.05, 4.69) is 23.1 Å². The van der Waals surface area contributed by atoms with Gasteiger partial charge >= 0.3 is 0 Å². The highest BCUT2D eigenvalue weighted by Gasteiger charge is 2.22. The van der Waals surface area contributed by atoms with Crippen molar-refractivity contribution in [3.05, 3.63) is 77.4 Å². The van der Waals surface area contributed by atoms with Crippen LogP contribution in [0, 0.1) is 18.3 Å². The number of hydrogen-bond acceptors (Lipinski definition) is 4. The van der Waals surface area contributed by atoms with Gasteiger partial charge in [0.1, 0.15) is 11.9 Å². The predicted octanol–water partition coefficient (Wildman–Crippen LogP) is 4.23. The molecule has 0 aliphatic carbocycles. The predicted molar refractivity (Wildman–Crippen MR) is 111 cm³/mol. The van der Waals surface area contributed by atoms with E-state index < -0.39 is 0 Å². The summed E-state index contributed by atoms with van der Waals surface area (Å²) in [6.45, 7) is 2.03. The van der Waals surface area contributed by atoms with Crippen molar-refractivity contribution in [3.63, 3.8) is 0 Å². The summed E-state index contributed by atoms with van der Waals surface area (Å²) in [6, 6.07) is 22.4. The van der Waals surface area contributed by atoms with Crippen molar-refractivity contribution in [2.75, 3.05) is 18.6 Å². The minimum absolute atomic E-state index is 0.00268. The lowest BCUT2D eigenvalue weighted by Crippen LogP contribution is -2.27. The maximum atomic E-state index is 9.69. The van der Waals surface area contributed by atoms with Crippen LogP contribution in [0.1, 0.15) is 29.2 Å². The van der Waals surface area contributed by atoms with E-state index in [9.17, 15) is 10.4 Å². The van der Waals surface area contributed by atoms with Gasteiger partial charge in [0.15, 0.2) is 5.65 Å². The molecular formula is C23H22N4O. The highest BCUT2D eigenvalue weighted by atomic mass is 16.3. The first-order chi connectivity index (χ1) is 13.7. The minimum atomic E-state index is 0.00268. The normalized spacial score (nSPS) is 12.2. The number of aliphatic hydroxyl groups excluding tert-OH is 1. The number of fused-ring (bicyclic) bond motifs is 3. The molecule has 28 heavy (non-hydrogen) atoms. The molecule has 1 unspecified atom stereocenters. The summed E-state index contributed by atoms with van der Waals surface area (Å²) in [5.74, 6) is 0.947. The monoisotopic (exact) mass is 370 g/mol. The lowest BCUT2D eigenvalue weighted by atomic mass is 10.0. The molecule has 0 saturated carbocycles. The number of nitrogens with zero attached hydrogens (tertiary/aromatic N) is 4. The van der Waals surface area contributed by atoms with Crippen molar-refractivity contribution in [1.29, 1.82) is 5.26 Å². The Morgan fingerprint density at radius 2 is 1.86 bits per heavy atom. The van der Waals surface area contributed by atoms with E-state index in [0.29, 0.717) is 17.6 Å². The SMILES string of the molecule is Cc1cc(N(C)C(CCO)c2ccccc2)n2c(nc3ccccc32)c1C#N. The molecule has 2 aromatic carbocycles. The summed E-state index contributed by atoms with van der Waals surface area (Å²) >= 11 is 0. The molecule has 0 bridgehead atoms. The number of pyridine rings is 1. The Morgan fingerprint density at radius 3 is 2.57 bits per heavy atom. The molecule has 5 heteroatoms. The van der Waals surface area contributed by atoms with Crippen molar-refractivity contribution in [2.24, 2.45) is 0 Å². The molecule has 4 rings (SSSR count). The summed E-state index contributed by atoms with van der Waals surface area (Å²) in [5, 5.41) is 19.4. The zero-order valence-corrected chi connectivity index (χ0v) is 16.0. The van der Waals surface area contributed by atoms with Gasteiger partial charge in [0.25, 0.3) is 0 Å². The number of rotatable bonds is 5. The second kappa shape index (κ2) is 7.34. The van der Waals surface area contributed by atoms with Crippen molar-refractivity contribution in [3.8, 4) is 6.07 Å². The van der Waals surface area contributed by atoms with Gasteiger partial charge in [0.05, 0.1) is 22.6 Å². The average molecular weight is 370 g/mol. The molecule has 0 fully saturated rings. The zero-order valence-electron chi connectivity index (χ0n) is 16.0. The van der Waals surface area contributed by atoms with E-state index in [0.717, 1.165) is 28.0 Å². The van der Waals surface area contributed by atoms with Crippen LogP contribution in [-0.2, 0) is 0 Å². The molecule has 2 aromatic heterocycles. The van der Waals surface area contributed by atoms with Crippen molar-refractivity contribution in [1.82, 2.24) is 9.38 Å². The Kier molecular flexibility index (Phi) is 4.72. The second-order valence-corrected chi connectivity index (χ2v) is 6.98. The number of aryl methyl sites for hydroxylation is 1. The van der Waals surface area contributed by atoms with Crippen LogP contribution in [0.15, 0.2) is 60.7 Å². The Hall–Kier alpha value is -3.36. The highest BCUT2D eigenvalue weighted by molar-refractivity contribution is 5.85. The van der Waals surface area contributed by atoms with Crippen LogP contribution >= 0.6 is 0 Å². The van der Waals surface area contributed by atoms with Gasteiger partial charge in [-0.15, -0.1) is 0 Å². The number of aliphatic hydroxyl groups is 1. The van der Waals surface area contributed by atoms with Gasteiger partial charge in [-0.25, -0.2) is 4.98 Å². The van der Waals surface area contributed by atoms with E-state index in [1.165, 1.54) is 0 Å². The summed E-state index contributed by atoms with van der Waals surface area (Å²) in [4.78, 5) is 6.90. The maximum Gasteiger partial charge on any atom is 0.157 e. The zero-order chi connectivity index (χ0) is 19.7. The largest absolute Gasteiger partial charge is 0.396 e. The molecule has 0 amide bonds. The first kappa shape index (κ1) is 18.0. The fourth-order valence-corrected chi connectivity index (χ4v) is 3.87. The van der Waals surface area contributed by atoms with E-state index in [1.807, 2.05) is 66.9 Å². The minimum Gasteiger partial charge on any atom is -0.396 e. The molecule has 0 spiro atoms. The summed E-state index contributed by atoms with van der Waals surface area (Å²) in [5.41, 5.74) is 5.11. The highest BCUT2D eigenvalue weighted by Crippen LogP contribution is 2.33. The topological polar surface area (TPSA) is 64.6 Å². The van der Waals surface area contributed by atoms with Crippen molar-refractivity contribution >= 4 is 22.5 Å². The first-order valence-corrected chi connectivity index (χ1v) is 9.35. The van der Waals surface area contributed by atoms with Gasteiger partial charge in [-0.1, -0.05) is 42.5 Å². The van der Waals surface area contributed by atoms with Crippen LogP contribution < -0.4 is 4.90 Å². The lowest BCUT2D eigenvalue weighted by molar-refractivity contribution is 0.274. The average Bonchev–Trinajstić information content (AvgIpc) is 3.11. The van der Waals surface area contributed by atoms with Crippen LogP contribution in [0.5, 0.6) is 0 Å². The van der Waals surface area contributed by atoms with E-state index in [-0.39, 0.29) is 12.6 Å². The number of nitriles is 1. The van der Waals surface area contributed by atoms with Gasteiger partial charge in [-0.05, 0) is 42.7 Å².